The largest absolute Gasteiger partial charge is 0.396 e. The highest BCUT2D eigenvalue weighted by atomic mass is 19.1. The molecule has 0 aromatic carbocycles. The average Bonchev–Trinajstić information content (AvgIpc) is 3.38. The summed E-state index contributed by atoms with van der Waals surface area (Å²) in [5, 5.41) is 19.0. The number of nitrogens with two attached hydrogens (primary N) is 1. The van der Waals surface area contributed by atoms with E-state index in [4.69, 9.17) is 5.84 Å². The number of rotatable bonds is 4. The van der Waals surface area contributed by atoms with Gasteiger partial charge in [-0.25, -0.2) is 14.2 Å². The molecule has 2 aromatic heterocycles. The lowest BCUT2D eigenvalue weighted by Crippen LogP contribution is -2.45. The molecule has 2 aromatic rings. The number of aliphatic hydroxyl groups is 2. The van der Waals surface area contributed by atoms with Crippen molar-refractivity contribution >= 4 is 16.9 Å². The zero-order chi connectivity index (χ0) is 18.6. The van der Waals surface area contributed by atoms with Crippen LogP contribution in [0.4, 0.5) is 10.2 Å². The van der Waals surface area contributed by atoms with Crippen molar-refractivity contribution < 1.29 is 14.6 Å². The quantitative estimate of drug-likeness (QED) is 0.589. The van der Waals surface area contributed by atoms with Crippen LogP contribution >= 0.6 is 0 Å². The monoisotopic (exact) mass is 365 g/mol. The number of aromatic nitrogens is 3. The van der Waals surface area contributed by atoms with Crippen LogP contribution in [-0.2, 0) is 0 Å². The summed E-state index contributed by atoms with van der Waals surface area (Å²) in [6, 6.07) is 0.957. The molecule has 140 valence electrons. The Hall–Kier alpha value is -2.46. The Kier molecular flexibility index (Phi) is 3.77. The van der Waals surface area contributed by atoms with E-state index in [1.165, 1.54) is 4.57 Å². The van der Waals surface area contributed by atoms with E-state index in [9.17, 15) is 24.2 Å². The summed E-state index contributed by atoms with van der Waals surface area (Å²) in [6.07, 6.45) is 2.02. The topological polar surface area (TPSA) is 127 Å². The molecule has 0 radical (unpaired) electrons. The van der Waals surface area contributed by atoms with Crippen molar-refractivity contribution in [3.8, 4) is 0 Å². The number of fused-ring (bicyclic) bond motifs is 1. The zero-order valence-corrected chi connectivity index (χ0v) is 14.1. The fourth-order valence-corrected chi connectivity index (χ4v) is 3.54. The fourth-order valence-electron chi connectivity index (χ4n) is 3.54. The van der Waals surface area contributed by atoms with Gasteiger partial charge in [0.25, 0.3) is 5.56 Å². The lowest BCUT2D eigenvalue weighted by atomic mass is 9.89. The second-order valence-electron chi connectivity index (χ2n) is 7.21. The van der Waals surface area contributed by atoms with Gasteiger partial charge in [0.15, 0.2) is 17.3 Å². The van der Waals surface area contributed by atoms with Crippen LogP contribution in [0.5, 0.6) is 0 Å². The van der Waals surface area contributed by atoms with Crippen LogP contribution in [0, 0.1) is 11.2 Å². The summed E-state index contributed by atoms with van der Waals surface area (Å²) in [6.45, 7) is 0.189. The Labute approximate surface area is 147 Å². The van der Waals surface area contributed by atoms with Crippen molar-refractivity contribution in [1.82, 2.24) is 14.2 Å². The third-order valence-electron chi connectivity index (χ3n) is 5.35. The van der Waals surface area contributed by atoms with E-state index in [0.717, 1.165) is 18.9 Å². The molecule has 0 unspecified atom stereocenters. The van der Waals surface area contributed by atoms with Gasteiger partial charge >= 0.3 is 5.69 Å². The van der Waals surface area contributed by atoms with Crippen LogP contribution in [0.25, 0.3) is 11.0 Å². The van der Waals surface area contributed by atoms with E-state index in [0.29, 0.717) is 17.6 Å². The molecule has 1 saturated carbocycles. The van der Waals surface area contributed by atoms with Crippen LogP contribution in [0.3, 0.4) is 0 Å². The van der Waals surface area contributed by atoms with Gasteiger partial charge in [0, 0.05) is 24.5 Å². The summed E-state index contributed by atoms with van der Waals surface area (Å²) in [5.74, 6) is 4.85. The van der Waals surface area contributed by atoms with Crippen molar-refractivity contribution in [3.05, 3.63) is 32.7 Å². The highest BCUT2D eigenvalue weighted by molar-refractivity contribution is 5.77. The Morgan fingerprint density at radius 1 is 1.31 bits per heavy atom. The van der Waals surface area contributed by atoms with Crippen LogP contribution in [0.2, 0.25) is 0 Å². The molecule has 1 saturated heterocycles. The standard InChI is InChI=1S/C16H20FN5O4/c17-11-5-10-12(21(9-1-2-9)15(26)22(18)14(10)25)19-13(11)20-4-3-16(6-20,7-23)8-24/h5,9,23-24H,1-4,6-8,18H2. The molecule has 1 aliphatic heterocycles. The van der Waals surface area contributed by atoms with Crippen LogP contribution in [0.1, 0.15) is 25.3 Å². The number of hydrogen-bond acceptors (Lipinski definition) is 7. The van der Waals surface area contributed by atoms with Crippen molar-refractivity contribution in [2.45, 2.75) is 25.3 Å². The predicted octanol–water partition coefficient (Wildman–Crippen LogP) is -1.07. The van der Waals surface area contributed by atoms with Crippen molar-refractivity contribution in [2.75, 3.05) is 37.0 Å². The van der Waals surface area contributed by atoms with E-state index in [-0.39, 0.29) is 42.7 Å². The number of nitrogens with zero attached hydrogens (tertiary/aromatic N) is 4. The minimum absolute atomic E-state index is 0.00393. The number of pyridine rings is 1. The molecule has 0 atom stereocenters. The second-order valence-corrected chi connectivity index (χ2v) is 7.21. The van der Waals surface area contributed by atoms with Gasteiger partial charge in [-0.2, -0.15) is 4.68 Å². The first-order valence-electron chi connectivity index (χ1n) is 8.50. The molecule has 10 heteroatoms. The molecule has 2 aliphatic rings. The zero-order valence-electron chi connectivity index (χ0n) is 14.1. The van der Waals surface area contributed by atoms with Crippen molar-refractivity contribution in [1.29, 1.82) is 0 Å². The number of hydrogen-bond donors (Lipinski definition) is 3. The van der Waals surface area contributed by atoms with Crippen LogP contribution in [-0.4, -0.2) is 50.7 Å². The van der Waals surface area contributed by atoms with Crippen LogP contribution < -0.4 is 22.0 Å². The average molecular weight is 365 g/mol. The molecule has 0 bridgehead atoms. The van der Waals surface area contributed by atoms with E-state index in [1.54, 1.807) is 4.90 Å². The lowest BCUT2D eigenvalue weighted by molar-refractivity contribution is 0.0727. The molecule has 9 nitrogen and oxygen atoms in total. The Balaban J connectivity index is 1.89. The first-order valence-corrected chi connectivity index (χ1v) is 8.50. The maximum absolute atomic E-state index is 14.7. The molecular formula is C16H20FN5O4. The normalized spacial score (nSPS) is 19.4. The predicted molar refractivity (Wildman–Crippen MR) is 92.1 cm³/mol. The minimum Gasteiger partial charge on any atom is -0.396 e. The molecule has 4 rings (SSSR count). The molecule has 2 fully saturated rings. The van der Waals surface area contributed by atoms with Crippen molar-refractivity contribution in [2.24, 2.45) is 5.41 Å². The maximum atomic E-state index is 14.7. The molecule has 1 aliphatic carbocycles. The molecule has 0 spiro atoms. The summed E-state index contributed by atoms with van der Waals surface area (Å²) >= 11 is 0. The third kappa shape index (κ3) is 2.40. The molecule has 3 heterocycles. The SMILES string of the molecule is Nn1c(=O)c2cc(F)c(N3CCC(CO)(CO)C3)nc2n(C2CC2)c1=O. The molecule has 4 N–H and O–H groups in total. The van der Waals surface area contributed by atoms with E-state index >= 15 is 0 Å². The minimum atomic E-state index is -0.790. The smallest absolute Gasteiger partial charge is 0.351 e. The molecule has 0 amide bonds. The first-order chi connectivity index (χ1) is 12.4. The van der Waals surface area contributed by atoms with Gasteiger partial charge in [-0.3, -0.25) is 9.36 Å². The number of aliphatic hydroxyl groups excluding tert-OH is 2. The third-order valence-corrected chi connectivity index (χ3v) is 5.35. The lowest BCUT2D eigenvalue weighted by Gasteiger charge is -2.25. The van der Waals surface area contributed by atoms with Gasteiger partial charge in [0.05, 0.1) is 18.6 Å². The summed E-state index contributed by atoms with van der Waals surface area (Å²) < 4.78 is 16.5. The first kappa shape index (κ1) is 17.0. The number of anilines is 1. The number of halogens is 1. The summed E-state index contributed by atoms with van der Waals surface area (Å²) in [7, 11) is 0. The Bertz CT molecular complexity index is 993. The van der Waals surface area contributed by atoms with Gasteiger partial charge in [-0.05, 0) is 25.3 Å². The maximum Gasteiger partial charge on any atom is 0.351 e. The van der Waals surface area contributed by atoms with E-state index in [1.807, 2.05) is 0 Å². The van der Waals surface area contributed by atoms with Gasteiger partial charge < -0.3 is 21.0 Å². The van der Waals surface area contributed by atoms with Gasteiger partial charge in [-0.15, -0.1) is 0 Å². The molecular weight excluding hydrogens is 345 g/mol. The Morgan fingerprint density at radius 3 is 2.58 bits per heavy atom. The summed E-state index contributed by atoms with van der Waals surface area (Å²) in [5.41, 5.74) is -2.07. The van der Waals surface area contributed by atoms with Crippen molar-refractivity contribution in [3.63, 3.8) is 0 Å². The van der Waals surface area contributed by atoms with Gasteiger partial charge in [0.1, 0.15) is 0 Å². The van der Waals surface area contributed by atoms with Gasteiger partial charge in [0.2, 0.25) is 0 Å². The second kappa shape index (κ2) is 5.78. The Morgan fingerprint density at radius 2 is 2.00 bits per heavy atom. The number of nitrogen functional groups attached to an aromatic ring is 1. The van der Waals surface area contributed by atoms with E-state index < -0.39 is 22.5 Å². The molecule has 26 heavy (non-hydrogen) atoms. The highest BCUT2D eigenvalue weighted by Crippen LogP contribution is 2.37. The fraction of sp³-hybridized carbons (Fsp3) is 0.562. The van der Waals surface area contributed by atoms with Gasteiger partial charge in [-0.1, -0.05) is 0 Å². The van der Waals surface area contributed by atoms with Crippen LogP contribution in [0.15, 0.2) is 15.7 Å². The van der Waals surface area contributed by atoms with E-state index in [2.05, 4.69) is 4.98 Å². The highest BCUT2D eigenvalue weighted by Gasteiger charge is 2.39. The summed E-state index contributed by atoms with van der Waals surface area (Å²) in [4.78, 5) is 30.6.